The van der Waals surface area contributed by atoms with Crippen LogP contribution in [0.4, 0.5) is 13.2 Å². The summed E-state index contributed by atoms with van der Waals surface area (Å²) in [6, 6.07) is 4.13. The topological polar surface area (TPSA) is 13.1 Å². The average molecular weight is 221 g/mol. The minimum absolute atomic E-state index is 0.00926. The molecule has 0 saturated heterocycles. The first-order valence-corrected chi connectivity index (χ1v) is 4.10. The Kier molecular flexibility index (Phi) is 1.96. The Bertz CT molecular complexity index is 472. The van der Waals surface area contributed by atoms with E-state index in [1.807, 2.05) is 0 Å². The highest BCUT2D eigenvalue weighted by atomic mass is 35.5. The Hall–Kier alpha value is -1.16. The first-order valence-electron chi connectivity index (χ1n) is 3.72. The van der Waals surface area contributed by atoms with Crippen LogP contribution >= 0.6 is 11.6 Å². The maximum Gasteiger partial charge on any atom is 0.420 e. The molecule has 0 bridgehead atoms. The smallest absolute Gasteiger partial charge is 0.420 e. The van der Waals surface area contributed by atoms with Gasteiger partial charge in [0.25, 0.3) is 0 Å². The summed E-state index contributed by atoms with van der Waals surface area (Å²) < 4.78 is 41.9. The number of rotatable bonds is 0. The third kappa shape index (κ3) is 1.46. The summed E-state index contributed by atoms with van der Waals surface area (Å²) in [4.78, 5) is 0. The van der Waals surface area contributed by atoms with E-state index in [0.717, 1.165) is 0 Å². The summed E-state index contributed by atoms with van der Waals surface area (Å²) >= 11 is 5.59. The molecule has 0 radical (unpaired) electrons. The predicted molar refractivity (Wildman–Crippen MR) is 46.2 cm³/mol. The van der Waals surface area contributed by atoms with Crippen LogP contribution in [0, 0.1) is 0 Å². The molecule has 1 nitrogen and oxygen atoms in total. The van der Waals surface area contributed by atoms with E-state index in [1.54, 1.807) is 0 Å². The molecule has 0 atom stereocenters. The molecule has 1 aromatic carbocycles. The Morgan fingerprint density at radius 3 is 2.57 bits per heavy atom. The lowest BCUT2D eigenvalue weighted by atomic mass is 10.2. The number of alkyl halides is 3. The van der Waals surface area contributed by atoms with Crippen LogP contribution in [-0.4, -0.2) is 0 Å². The minimum atomic E-state index is -4.41. The summed E-state index contributed by atoms with van der Waals surface area (Å²) in [6.07, 6.45) is -3.71. The van der Waals surface area contributed by atoms with E-state index in [1.165, 1.54) is 18.2 Å². The lowest BCUT2D eigenvalue weighted by Gasteiger charge is -2.02. The molecule has 1 aromatic heterocycles. The third-order valence-corrected chi connectivity index (χ3v) is 2.08. The molecule has 0 amide bonds. The van der Waals surface area contributed by atoms with E-state index in [4.69, 9.17) is 16.0 Å². The van der Waals surface area contributed by atoms with E-state index in [0.29, 0.717) is 6.26 Å². The molecule has 5 heteroatoms. The number of hydrogen-bond acceptors (Lipinski definition) is 1. The van der Waals surface area contributed by atoms with Crippen molar-refractivity contribution in [2.75, 3.05) is 0 Å². The van der Waals surface area contributed by atoms with Gasteiger partial charge in [0.15, 0.2) is 0 Å². The van der Waals surface area contributed by atoms with E-state index in [9.17, 15) is 13.2 Å². The first-order chi connectivity index (χ1) is 6.48. The normalized spacial score (nSPS) is 12.3. The van der Waals surface area contributed by atoms with Crippen LogP contribution in [-0.2, 0) is 6.18 Å². The van der Waals surface area contributed by atoms with Crippen molar-refractivity contribution in [3.8, 4) is 0 Å². The predicted octanol–water partition coefficient (Wildman–Crippen LogP) is 4.11. The summed E-state index contributed by atoms with van der Waals surface area (Å²) in [6.45, 7) is 0. The van der Waals surface area contributed by atoms with E-state index < -0.39 is 11.7 Å². The molecule has 0 N–H and O–H groups in total. The van der Waals surface area contributed by atoms with Crippen LogP contribution in [0.3, 0.4) is 0 Å². The summed E-state index contributed by atoms with van der Waals surface area (Å²) in [7, 11) is 0. The van der Waals surface area contributed by atoms with Gasteiger partial charge in [-0.1, -0.05) is 11.6 Å². The van der Waals surface area contributed by atoms with Gasteiger partial charge in [-0.15, -0.1) is 0 Å². The van der Waals surface area contributed by atoms with Crippen molar-refractivity contribution >= 4 is 22.6 Å². The standard InChI is InChI=1S/C9H4ClF3O/c10-5-1-2-8-6(3-5)7(4-14-8)9(11,12)13/h1-4H. The molecule has 14 heavy (non-hydrogen) atoms. The molecule has 0 aliphatic heterocycles. The van der Waals surface area contributed by atoms with E-state index in [2.05, 4.69) is 0 Å². The Labute approximate surface area is 82.1 Å². The lowest BCUT2D eigenvalue weighted by molar-refractivity contribution is -0.136. The summed E-state index contributed by atoms with van der Waals surface area (Å²) in [5, 5.41) is 0.245. The molecule has 0 aliphatic rings. The van der Waals surface area contributed by atoms with Gasteiger partial charge >= 0.3 is 6.18 Å². The van der Waals surface area contributed by atoms with Gasteiger partial charge in [-0.3, -0.25) is 0 Å². The summed E-state index contributed by atoms with van der Waals surface area (Å²) in [5.74, 6) is 0. The molecule has 1 heterocycles. The van der Waals surface area contributed by atoms with Gasteiger partial charge in [0.05, 0.1) is 0 Å². The fourth-order valence-electron chi connectivity index (χ4n) is 1.22. The van der Waals surface area contributed by atoms with Crippen molar-refractivity contribution in [1.82, 2.24) is 0 Å². The molecule has 2 rings (SSSR count). The Balaban J connectivity index is 2.73. The molecule has 0 aliphatic carbocycles. The van der Waals surface area contributed by atoms with Crippen molar-refractivity contribution in [2.45, 2.75) is 6.18 Å². The van der Waals surface area contributed by atoms with Gasteiger partial charge in [0, 0.05) is 10.4 Å². The largest absolute Gasteiger partial charge is 0.464 e. The van der Waals surface area contributed by atoms with Gasteiger partial charge in [0.2, 0.25) is 0 Å². The molecule has 74 valence electrons. The highest BCUT2D eigenvalue weighted by molar-refractivity contribution is 6.31. The van der Waals surface area contributed by atoms with Gasteiger partial charge in [-0.25, -0.2) is 0 Å². The second kappa shape index (κ2) is 2.92. The molecule has 0 saturated carbocycles. The molecule has 0 unspecified atom stereocenters. The minimum Gasteiger partial charge on any atom is -0.464 e. The van der Waals surface area contributed by atoms with E-state index >= 15 is 0 Å². The average Bonchev–Trinajstić information content (AvgIpc) is 2.45. The molecule has 0 spiro atoms. The van der Waals surface area contributed by atoms with Crippen LogP contribution in [0.5, 0.6) is 0 Å². The van der Waals surface area contributed by atoms with Crippen LogP contribution in [0.1, 0.15) is 5.56 Å². The SMILES string of the molecule is FC(F)(F)c1coc2ccc(Cl)cc12. The number of benzene rings is 1. The maximum atomic E-state index is 12.4. The number of furan rings is 1. The Morgan fingerprint density at radius 1 is 1.21 bits per heavy atom. The van der Waals surface area contributed by atoms with Crippen molar-refractivity contribution in [3.63, 3.8) is 0 Å². The van der Waals surface area contributed by atoms with Crippen molar-refractivity contribution < 1.29 is 17.6 Å². The number of halogens is 4. The highest BCUT2D eigenvalue weighted by Gasteiger charge is 2.34. The fraction of sp³-hybridized carbons (Fsp3) is 0.111. The maximum absolute atomic E-state index is 12.4. The third-order valence-electron chi connectivity index (χ3n) is 1.84. The zero-order chi connectivity index (χ0) is 10.3. The van der Waals surface area contributed by atoms with Gasteiger partial charge < -0.3 is 4.42 Å². The van der Waals surface area contributed by atoms with Crippen molar-refractivity contribution in [3.05, 3.63) is 35.0 Å². The molecule has 2 aromatic rings. The van der Waals surface area contributed by atoms with Crippen LogP contribution < -0.4 is 0 Å². The summed E-state index contributed by atoms with van der Waals surface area (Å²) in [5.41, 5.74) is -0.614. The Morgan fingerprint density at radius 2 is 1.93 bits per heavy atom. The second-order valence-electron chi connectivity index (χ2n) is 2.79. The molecular weight excluding hydrogens is 217 g/mol. The van der Waals surface area contributed by atoms with Crippen LogP contribution in [0.15, 0.2) is 28.9 Å². The monoisotopic (exact) mass is 220 g/mol. The van der Waals surface area contributed by atoms with Gasteiger partial charge in [-0.05, 0) is 18.2 Å². The van der Waals surface area contributed by atoms with E-state index in [-0.39, 0.29) is 16.0 Å². The van der Waals surface area contributed by atoms with Crippen molar-refractivity contribution in [1.29, 1.82) is 0 Å². The first kappa shape index (κ1) is 9.40. The van der Waals surface area contributed by atoms with Gasteiger partial charge in [0.1, 0.15) is 17.4 Å². The molecular formula is C9H4ClF3O. The second-order valence-corrected chi connectivity index (χ2v) is 3.22. The van der Waals surface area contributed by atoms with Crippen LogP contribution in [0.2, 0.25) is 5.02 Å². The zero-order valence-electron chi connectivity index (χ0n) is 6.73. The quantitative estimate of drug-likeness (QED) is 0.651. The highest BCUT2D eigenvalue weighted by Crippen LogP contribution is 2.36. The van der Waals surface area contributed by atoms with Crippen molar-refractivity contribution in [2.24, 2.45) is 0 Å². The fourth-order valence-corrected chi connectivity index (χ4v) is 1.39. The number of hydrogen-bond donors (Lipinski definition) is 0. The van der Waals surface area contributed by atoms with Crippen LogP contribution in [0.25, 0.3) is 11.0 Å². The number of fused-ring (bicyclic) bond motifs is 1. The van der Waals surface area contributed by atoms with Gasteiger partial charge in [-0.2, -0.15) is 13.2 Å². The molecule has 0 fully saturated rings. The zero-order valence-corrected chi connectivity index (χ0v) is 7.49. The lowest BCUT2D eigenvalue weighted by Crippen LogP contribution is -2.02.